The van der Waals surface area contributed by atoms with Crippen LogP contribution in [0, 0.1) is 19.1 Å². The zero-order chi connectivity index (χ0) is 15.4. The van der Waals surface area contributed by atoms with Crippen LogP contribution in [0.5, 0.6) is 0 Å². The van der Waals surface area contributed by atoms with Gasteiger partial charge in [-0.3, -0.25) is 0 Å². The summed E-state index contributed by atoms with van der Waals surface area (Å²) in [6.07, 6.45) is 24.6. The first kappa shape index (κ1) is 20.4. The molecule has 0 heterocycles. The van der Waals surface area contributed by atoms with Crippen molar-refractivity contribution in [1.29, 1.82) is 0 Å². The van der Waals surface area contributed by atoms with Crippen molar-refractivity contribution in [3.05, 3.63) is 7.11 Å². The van der Waals surface area contributed by atoms with Crippen LogP contribution in [0.1, 0.15) is 110 Å². The third kappa shape index (κ3) is 19.4. The highest BCUT2D eigenvalue weighted by atomic mass is 16.5. The minimum atomic E-state index is 0.952. The molecule has 0 aliphatic carbocycles. The summed E-state index contributed by atoms with van der Waals surface area (Å²) in [6, 6.07) is 0. The van der Waals surface area contributed by atoms with E-state index in [-0.39, 0.29) is 0 Å². The topological polar surface area (TPSA) is 9.23 Å². The van der Waals surface area contributed by atoms with Crippen LogP contribution in [0.4, 0.5) is 0 Å². The Morgan fingerprint density at radius 1 is 0.619 bits per heavy atom. The van der Waals surface area contributed by atoms with Crippen molar-refractivity contribution in [3.8, 4) is 12.0 Å². The van der Waals surface area contributed by atoms with Crippen molar-refractivity contribution in [1.82, 2.24) is 0 Å². The molecular weight excluding hydrogens is 256 g/mol. The van der Waals surface area contributed by atoms with Crippen molar-refractivity contribution in [2.75, 3.05) is 0 Å². The normalized spacial score (nSPS) is 10.2. The minimum absolute atomic E-state index is 0.952. The Morgan fingerprint density at radius 3 is 1.38 bits per heavy atom. The van der Waals surface area contributed by atoms with Gasteiger partial charge in [-0.25, -0.2) is 0 Å². The fourth-order valence-corrected chi connectivity index (χ4v) is 2.69. The van der Waals surface area contributed by atoms with Crippen molar-refractivity contribution >= 4 is 0 Å². The molecule has 0 unspecified atom stereocenters. The molecule has 0 aliphatic rings. The van der Waals surface area contributed by atoms with Gasteiger partial charge in [-0.15, -0.1) is 0 Å². The molecule has 0 atom stereocenters. The summed E-state index contributed by atoms with van der Waals surface area (Å²) in [7, 11) is 3.22. The van der Waals surface area contributed by atoms with Gasteiger partial charge in [0.05, 0.1) is 0 Å². The Bertz CT molecular complexity index is 236. The van der Waals surface area contributed by atoms with E-state index in [0.717, 1.165) is 6.42 Å². The van der Waals surface area contributed by atoms with Gasteiger partial charge in [0.15, 0.2) is 0 Å². The highest BCUT2D eigenvalue weighted by Crippen LogP contribution is 2.13. The molecule has 123 valence electrons. The first-order valence-electron chi connectivity index (χ1n) is 9.30. The molecule has 0 N–H and O–H groups in total. The highest BCUT2D eigenvalue weighted by molar-refractivity contribution is 4.90. The van der Waals surface area contributed by atoms with Gasteiger partial charge in [-0.05, 0) is 6.42 Å². The van der Waals surface area contributed by atoms with Crippen molar-refractivity contribution in [2.24, 2.45) is 0 Å². The van der Waals surface area contributed by atoms with Gasteiger partial charge in [-0.2, -0.15) is 0 Å². The molecule has 0 aromatic heterocycles. The van der Waals surface area contributed by atoms with Crippen LogP contribution in [0.15, 0.2) is 0 Å². The van der Waals surface area contributed by atoms with Gasteiger partial charge in [0.2, 0.25) is 0 Å². The summed E-state index contributed by atoms with van der Waals surface area (Å²) in [5, 5.41) is 0. The van der Waals surface area contributed by atoms with Gasteiger partial charge < -0.3 is 4.74 Å². The van der Waals surface area contributed by atoms with Gasteiger partial charge in [-0.1, -0.05) is 103 Å². The largest absolute Gasteiger partial charge is 0.443 e. The lowest BCUT2D eigenvalue weighted by Crippen LogP contribution is -1.83. The van der Waals surface area contributed by atoms with Gasteiger partial charge in [0.1, 0.15) is 13.2 Å². The Morgan fingerprint density at radius 2 is 1.00 bits per heavy atom. The van der Waals surface area contributed by atoms with E-state index in [1.807, 2.05) is 0 Å². The van der Waals surface area contributed by atoms with Crippen LogP contribution in [0.2, 0.25) is 0 Å². The Balaban J connectivity index is 2.96. The average molecular weight is 294 g/mol. The third-order valence-corrected chi connectivity index (χ3v) is 4.05. The molecular formula is C20H37O. The van der Waals surface area contributed by atoms with Crippen LogP contribution in [0.3, 0.4) is 0 Å². The van der Waals surface area contributed by atoms with Crippen LogP contribution in [-0.4, -0.2) is 0 Å². The molecule has 21 heavy (non-hydrogen) atoms. The minimum Gasteiger partial charge on any atom is -0.443 e. The Labute approximate surface area is 134 Å². The van der Waals surface area contributed by atoms with Crippen molar-refractivity contribution in [2.45, 2.75) is 110 Å². The maximum Gasteiger partial charge on any atom is 0.135 e. The smallest absolute Gasteiger partial charge is 0.135 e. The second-order valence-electron chi connectivity index (χ2n) is 6.12. The zero-order valence-electron chi connectivity index (χ0n) is 14.4. The molecule has 1 heteroatoms. The molecule has 0 aromatic rings. The molecule has 0 saturated carbocycles. The van der Waals surface area contributed by atoms with Crippen molar-refractivity contribution in [3.63, 3.8) is 0 Å². The van der Waals surface area contributed by atoms with Gasteiger partial charge in [0, 0.05) is 6.42 Å². The number of unbranched alkanes of at least 4 members (excludes halogenated alkanes) is 15. The quantitative estimate of drug-likeness (QED) is 0.233. The molecule has 0 amide bonds. The molecule has 0 bridgehead atoms. The van der Waals surface area contributed by atoms with E-state index in [4.69, 9.17) is 0 Å². The van der Waals surface area contributed by atoms with E-state index in [1.54, 1.807) is 0 Å². The van der Waals surface area contributed by atoms with Crippen LogP contribution < -0.4 is 0 Å². The monoisotopic (exact) mass is 293 g/mol. The van der Waals surface area contributed by atoms with E-state index < -0.39 is 0 Å². The number of rotatable bonds is 15. The van der Waals surface area contributed by atoms with E-state index in [2.05, 4.69) is 30.8 Å². The summed E-state index contributed by atoms with van der Waals surface area (Å²) in [6.45, 7) is 2.28. The second-order valence-corrected chi connectivity index (χ2v) is 6.12. The fourth-order valence-electron chi connectivity index (χ4n) is 2.69. The predicted molar refractivity (Wildman–Crippen MR) is 93.8 cm³/mol. The molecule has 1 nitrogen and oxygen atoms in total. The molecule has 0 fully saturated rings. The van der Waals surface area contributed by atoms with Crippen LogP contribution in [0.25, 0.3) is 0 Å². The molecule has 0 spiro atoms. The van der Waals surface area contributed by atoms with Gasteiger partial charge in [0.25, 0.3) is 0 Å². The van der Waals surface area contributed by atoms with Crippen LogP contribution in [-0.2, 0) is 4.74 Å². The van der Waals surface area contributed by atoms with Crippen LogP contribution >= 0.6 is 0 Å². The van der Waals surface area contributed by atoms with E-state index in [1.165, 1.54) is 96.3 Å². The summed E-state index contributed by atoms with van der Waals surface area (Å²) in [5.41, 5.74) is 0. The maximum absolute atomic E-state index is 4.45. The molecule has 0 saturated heterocycles. The first-order valence-corrected chi connectivity index (χ1v) is 9.30. The predicted octanol–water partition coefficient (Wildman–Crippen LogP) is 7.02. The molecule has 0 rings (SSSR count). The average Bonchev–Trinajstić information content (AvgIpc) is 2.50. The Kier molecular flexibility index (Phi) is 18.8. The number of ether oxygens (including phenoxy) is 1. The molecule has 0 aliphatic heterocycles. The lowest BCUT2D eigenvalue weighted by molar-refractivity contribution is 0.430. The Hall–Kier alpha value is -0.640. The third-order valence-electron chi connectivity index (χ3n) is 4.05. The van der Waals surface area contributed by atoms with E-state index >= 15 is 0 Å². The first-order chi connectivity index (χ1) is 10.4. The van der Waals surface area contributed by atoms with Crippen molar-refractivity contribution < 1.29 is 4.74 Å². The van der Waals surface area contributed by atoms with Gasteiger partial charge >= 0.3 is 0 Å². The number of hydrogen-bond donors (Lipinski definition) is 0. The second kappa shape index (κ2) is 19.4. The summed E-state index contributed by atoms with van der Waals surface area (Å²) >= 11 is 0. The molecule has 0 aromatic carbocycles. The summed E-state index contributed by atoms with van der Waals surface area (Å²) in [4.78, 5) is 0. The lowest BCUT2D eigenvalue weighted by Gasteiger charge is -2.03. The maximum atomic E-state index is 4.45. The SMILES string of the molecule is [CH2]OC#CCCCCCCCCCCCCCCCCC. The van der Waals surface area contributed by atoms with E-state index in [9.17, 15) is 0 Å². The zero-order valence-corrected chi connectivity index (χ0v) is 14.4. The number of hydrogen-bond acceptors (Lipinski definition) is 1. The fraction of sp³-hybridized carbons (Fsp3) is 0.850. The lowest BCUT2D eigenvalue weighted by atomic mass is 10.0. The molecule has 1 radical (unpaired) electrons. The summed E-state index contributed by atoms with van der Waals surface area (Å²) < 4.78 is 4.45. The standard InChI is InChI=1S/C20H37O/c1-3-4-5-6-7-8-9-10-11-12-13-14-15-16-17-18-19-20-21-2/h2-18H2,1H3. The summed E-state index contributed by atoms with van der Waals surface area (Å²) in [5.74, 6) is 2.95. The van der Waals surface area contributed by atoms with E-state index in [0.29, 0.717) is 0 Å². The highest BCUT2D eigenvalue weighted by Gasteiger charge is 1.94.